The zero-order chi connectivity index (χ0) is 8.43. The zero-order valence-electron chi connectivity index (χ0n) is 7.85. The molecule has 1 aliphatic rings. The Hall–Kier alpha value is -0.300. The maximum Gasteiger partial charge on any atom is 0.000952 e. The quantitative estimate of drug-likeness (QED) is 0.616. The Morgan fingerprint density at radius 2 is 1.91 bits per heavy atom. The Morgan fingerprint density at radius 3 is 2.27 bits per heavy atom. The van der Waals surface area contributed by atoms with Gasteiger partial charge in [0.1, 0.15) is 0 Å². The van der Waals surface area contributed by atoms with Crippen molar-refractivity contribution in [3.05, 3.63) is 11.1 Å². The van der Waals surface area contributed by atoms with Gasteiger partial charge in [-0.3, -0.25) is 0 Å². The Balaban J connectivity index is 2.14. The molecule has 64 valence electrons. The first-order valence-corrected chi connectivity index (χ1v) is 4.54. The van der Waals surface area contributed by atoms with Crippen molar-refractivity contribution in [2.75, 3.05) is 6.54 Å². The van der Waals surface area contributed by atoms with Crippen molar-refractivity contribution in [3.8, 4) is 0 Å². The molecule has 0 aromatic carbocycles. The van der Waals surface area contributed by atoms with E-state index in [0.29, 0.717) is 0 Å². The van der Waals surface area contributed by atoms with E-state index in [-0.39, 0.29) is 0 Å². The molecule has 0 aromatic heterocycles. The van der Waals surface area contributed by atoms with Crippen molar-refractivity contribution in [3.63, 3.8) is 0 Å². The van der Waals surface area contributed by atoms with Crippen LogP contribution in [0.2, 0.25) is 0 Å². The highest BCUT2D eigenvalue weighted by atomic mass is 14.5. The van der Waals surface area contributed by atoms with Crippen LogP contribution in [0.4, 0.5) is 0 Å². The molecule has 1 nitrogen and oxygen atoms in total. The van der Waals surface area contributed by atoms with Gasteiger partial charge in [0.25, 0.3) is 0 Å². The predicted octanol–water partition coefficient (Wildman–Crippen LogP) is 2.33. The van der Waals surface area contributed by atoms with Gasteiger partial charge >= 0.3 is 0 Å². The molecule has 0 aromatic rings. The summed E-state index contributed by atoms with van der Waals surface area (Å²) in [6, 6.07) is 0. The summed E-state index contributed by atoms with van der Waals surface area (Å²) in [5.41, 5.74) is 8.72. The molecule has 0 spiro atoms. The minimum atomic E-state index is 0.803. The second-order valence-corrected chi connectivity index (χ2v) is 3.84. The van der Waals surface area contributed by atoms with Gasteiger partial charge in [-0.15, -0.1) is 0 Å². The molecular weight excluding hydrogens is 134 g/mol. The lowest BCUT2D eigenvalue weighted by atomic mass is 9.98. The average Bonchev–Trinajstić information content (AvgIpc) is 2.46. The van der Waals surface area contributed by atoms with Crippen molar-refractivity contribution in [1.82, 2.24) is 0 Å². The number of hydrogen-bond acceptors (Lipinski definition) is 1. The van der Waals surface area contributed by atoms with E-state index >= 15 is 0 Å². The highest BCUT2D eigenvalue weighted by Crippen LogP contribution is 2.42. The van der Waals surface area contributed by atoms with Crippen molar-refractivity contribution < 1.29 is 0 Å². The van der Waals surface area contributed by atoms with Crippen LogP contribution >= 0.6 is 0 Å². The molecule has 0 fully saturated rings. The fourth-order valence-corrected chi connectivity index (χ4v) is 1.71. The standard InChI is InChI=1S/C10H19N/c1-7(4-5-11)6-10-8(2)9(10)3/h7,10H,4-6,11H2,1-3H3. The Bertz CT molecular complexity index is 158. The lowest BCUT2D eigenvalue weighted by Gasteiger charge is -2.09. The third-order valence-electron chi connectivity index (χ3n) is 2.88. The Labute approximate surface area is 69.7 Å². The topological polar surface area (TPSA) is 26.0 Å². The van der Waals surface area contributed by atoms with E-state index in [9.17, 15) is 0 Å². The molecule has 11 heavy (non-hydrogen) atoms. The summed E-state index contributed by atoms with van der Waals surface area (Å²) < 4.78 is 0. The maximum atomic E-state index is 5.48. The third-order valence-corrected chi connectivity index (χ3v) is 2.88. The molecule has 1 unspecified atom stereocenters. The van der Waals surface area contributed by atoms with E-state index in [0.717, 1.165) is 18.4 Å². The second kappa shape index (κ2) is 3.40. The summed E-state index contributed by atoms with van der Waals surface area (Å²) in [4.78, 5) is 0. The lowest BCUT2D eigenvalue weighted by molar-refractivity contribution is 0.474. The summed E-state index contributed by atoms with van der Waals surface area (Å²) in [6.07, 6.45) is 2.51. The second-order valence-electron chi connectivity index (χ2n) is 3.84. The van der Waals surface area contributed by atoms with Crippen molar-refractivity contribution in [1.29, 1.82) is 0 Å². The first-order chi connectivity index (χ1) is 5.16. The van der Waals surface area contributed by atoms with Crippen LogP contribution in [0.5, 0.6) is 0 Å². The van der Waals surface area contributed by atoms with Crippen LogP contribution in [0.1, 0.15) is 33.6 Å². The molecule has 0 saturated carbocycles. The molecule has 0 radical (unpaired) electrons. The van der Waals surface area contributed by atoms with E-state index in [1.807, 2.05) is 0 Å². The van der Waals surface area contributed by atoms with Gasteiger partial charge in [0, 0.05) is 5.92 Å². The molecule has 0 aliphatic heterocycles. The summed E-state index contributed by atoms with van der Waals surface area (Å²) in [5.74, 6) is 1.65. The molecule has 0 heterocycles. The van der Waals surface area contributed by atoms with Gasteiger partial charge in [0.05, 0.1) is 0 Å². The SMILES string of the molecule is CC1=C(C)C1CC(C)CCN. The van der Waals surface area contributed by atoms with Crippen LogP contribution < -0.4 is 5.73 Å². The monoisotopic (exact) mass is 153 g/mol. The number of rotatable bonds is 4. The summed E-state index contributed by atoms with van der Waals surface area (Å²) in [5, 5.41) is 0. The lowest BCUT2D eigenvalue weighted by Crippen LogP contribution is -2.06. The smallest absolute Gasteiger partial charge is 0.000952 e. The van der Waals surface area contributed by atoms with Gasteiger partial charge in [-0.25, -0.2) is 0 Å². The van der Waals surface area contributed by atoms with Crippen LogP contribution in [0.3, 0.4) is 0 Å². The van der Waals surface area contributed by atoms with E-state index in [1.54, 1.807) is 11.1 Å². The first kappa shape index (κ1) is 8.79. The van der Waals surface area contributed by atoms with E-state index < -0.39 is 0 Å². The normalized spacial score (nSPS) is 20.7. The van der Waals surface area contributed by atoms with Gasteiger partial charge in [0.2, 0.25) is 0 Å². The van der Waals surface area contributed by atoms with Crippen molar-refractivity contribution in [2.45, 2.75) is 33.6 Å². The summed E-state index contributed by atoms with van der Waals surface area (Å²) in [6.45, 7) is 7.63. The molecule has 1 heteroatoms. The third kappa shape index (κ3) is 2.06. The Morgan fingerprint density at radius 1 is 1.36 bits per heavy atom. The molecule has 0 bridgehead atoms. The van der Waals surface area contributed by atoms with Gasteiger partial charge < -0.3 is 5.73 Å². The fraction of sp³-hybridized carbons (Fsp3) is 0.800. The molecule has 1 atom stereocenters. The molecule has 0 saturated heterocycles. The van der Waals surface area contributed by atoms with Gasteiger partial charge in [-0.1, -0.05) is 18.1 Å². The molecule has 1 rings (SSSR count). The summed E-state index contributed by atoms with van der Waals surface area (Å²) in [7, 11) is 0. The van der Waals surface area contributed by atoms with Gasteiger partial charge in [-0.05, 0) is 39.2 Å². The molecular formula is C10H19N. The average molecular weight is 153 g/mol. The summed E-state index contributed by atoms with van der Waals surface area (Å²) >= 11 is 0. The predicted molar refractivity (Wildman–Crippen MR) is 49.3 cm³/mol. The van der Waals surface area contributed by atoms with Crippen LogP contribution in [0.15, 0.2) is 11.1 Å². The van der Waals surface area contributed by atoms with E-state index in [2.05, 4.69) is 20.8 Å². The number of nitrogens with two attached hydrogens (primary N) is 1. The Kier molecular flexibility index (Phi) is 2.72. The van der Waals surface area contributed by atoms with E-state index in [1.165, 1.54) is 12.8 Å². The maximum absolute atomic E-state index is 5.48. The molecule has 0 amide bonds. The van der Waals surface area contributed by atoms with Crippen LogP contribution in [-0.2, 0) is 0 Å². The van der Waals surface area contributed by atoms with Gasteiger partial charge in [0.15, 0.2) is 0 Å². The number of allylic oxidation sites excluding steroid dienone is 2. The van der Waals surface area contributed by atoms with Crippen LogP contribution in [-0.4, -0.2) is 6.54 Å². The van der Waals surface area contributed by atoms with Crippen molar-refractivity contribution in [2.24, 2.45) is 17.6 Å². The van der Waals surface area contributed by atoms with Gasteiger partial charge in [-0.2, -0.15) is 0 Å². The van der Waals surface area contributed by atoms with Crippen molar-refractivity contribution >= 4 is 0 Å². The molecule has 1 aliphatic carbocycles. The minimum absolute atomic E-state index is 0.803. The highest BCUT2D eigenvalue weighted by molar-refractivity contribution is 5.37. The highest BCUT2D eigenvalue weighted by Gasteiger charge is 2.29. The first-order valence-electron chi connectivity index (χ1n) is 4.54. The largest absolute Gasteiger partial charge is 0.330 e. The fourth-order valence-electron chi connectivity index (χ4n) is 1.71. The zero-order valence-corrected chi connectivity index (χ0v) is 7.85. The van der Waals surface area contributed by atoms with Crippen LogP contribution in [0, 0.1) is 11.8 Å². The van der Waals surface area contributed by atoms with E-state index in [4.69, 9.17) is 5.73 Å². The van der Waals surface area contributed by atoms with Crippen LogP contribution in [0.25, 0.3) is 0 Å². The minimum Gasteiger partial charge on any atom is -0.330 e. The molecule has 2 N–H and O–H groups in total. The number of hydrogen-bond donors (Lipinski definition) is 1.